The molecule has 0 bridgehead atoms. The molecule has 2 rings (SSSR count). The zero-order valence-electron chi connectivity index (χ0n) is 12.6. The fourth-order valence-electron chi connectivity index (χ4n) is 3.16. The van der Waals surface area contributed by atoms with Crippen LogP contribution < -0.4 is 11.1 Å². The molecule has 0 aromatic heterocycles. The molecular weight excluding hydrogens is 272 g/mol. The van der Waals surface area contributed by atoms with Gasteiger partial charge in [0.2, 0.25) is 5.91 Å². The first-order chi connectivity index (χ1) is 10.1. The lowest BCUT2D eigenvalue weighted by Crippen LogP contribution is -2.48. The highest BCUT2D eigenvalue weighted by atomic mass is 16.5. The van der Waals surface area contributed by atoms with Crippen LogP contribution in [-0.2, 0) is 9.53 Å². The van der Waals surface area contributed by atoms with Crippen LogP contribution in [0.5, 0.6) is 0 Å². The molecule has 0 radical (unpaired) electrons. The van der Waals surface area contributed by atoms with Gasteiger partial charge in [0.1, 0.15) is 0 Å². The second kappa shape index (κ2) is 7.61. The number of amides is 1. The number of carbonyl (C=O) groups is 1. The summed E-state index contributed by atoms with van der Waals surface area (Å²) in [6.07, 6.45) is 3.58. The third-order valence-electron chi connectivity index (χ3n) is 4.40. The highest BCUT2D eigenvalue weighted by molar-refractivity contribution is 5.81. The van der Waals surface area contributed by atoms with E-state index >= 15 is 0 Å². The van der Waals surface area contributed by atoms with Crippen molar-refractivity contribution in [2.45, 2.75) is 44.8 Å². The maximum absolute atomic E-state index is 12.3. The first kappa shape index (κ1) is 16.0. The SMILES string of the molecule is CCC1OCCC1C(=O)NC1CCN(CC(N)=NO)CC1. The molecule has 2 aliphatic heterocycles. The summed E-state index contributed by atoms with van der Waals surface area (Å²) in [6.45, 7) is 4.92. The molecule has 2 fully saturated rings. The summed E-state index contributed by atoms with van der Waals surface area (Å²) in [5, 5.41) is 14.7. The lowest BCUT2D eigenvalue weighted by atomic mass is 9.97. The van der Waals surface area contributed by atoms with Gasteiger partial charge in [-0.05, 0) is 25.7 Å². The van der Waals surface area contributed by atoms with Gasteiger partial charge in [-0.2, -0.15) is 0 Å². The van der Waals surface area contributed by atoms with Crippen LogP contribution in [0.15, 0.2) is 5.16 Å². The zero-order valence-corrected chi connectivity index (χ0v) is 12.6. The number of hydrogen-bond donors (Lipinski definition) is 3. The Morgan fingerprint density at radius 3 is 2.76 bits per heavy atom. The number of hydrogen-bond acceptors (Lipinski definition) is 5. The smallest absolute Gasteiger partial charge is 0.226 e. The van der Waals surface area contributed by atoms with Crippen LogP contribution in [0.3, 0.4) is 0 Å². The topological polar surface area (TPSA) is 100 Å². The number of ether oxygens (including phenoxy) is 1. The van der Waals surface area contributed by atoms with E-state index in [4.69, 9.17) is 15.7 Å². The summed E-state index contributed by atoms with van der Waals surface area (Å²) >= 11 is 0. The van der Waals surface area contributed by atoms with Gasteiger partial charge in [-0.15, -0.1) is 0 Å². The Morgan fingerprint density at radius 2 is 2.14 bits per heavy atom. The number of oxime groups is 1. The first-order valence-electron chi connectivity index (χ1n) is 7.74. The van der Waals surface area contributed by atoms with E-state index in [2.05, 4.69) is 22.3 Å². The molecule has 21 heavy (non-hydrogen) atoms. The number of nitrogens with two attached hydrogens (primary N) is 1. The molecule has 0 aromatic carbocycles. The Bertz CT molecular complexity index is 380. The molecular formula is C14H26N4O3. The second-order valence-electron chi connectivity index (χ2n) is 5.86. The lowest BCUT2D eigenvalue weighted by molar-refractivity contribution is -0.127. The van der Waals surface area contributed by atoms with Crippen LogP contribution in [0.1, 0.15) is 32.6 Å². The number of carbonyl (C=O) groups excluding carboxylic acids is 1. The normalized spacial score (nSPS) is 28.7. The minimum absolute atomic E-state index is 0.00481. The Morgan fingerprint density at radius 1 is 1.43 bits per heavy atom. The summed E-state index contributed by atoms with van der Waals surface area (Å²) in [7, 11) is 0. The van der Waals surface area contributed by atoms with Crippen LogP contribution in [0.4, 0.5) is 0 Å². The predicted molar refractivity (Wildman–Crippen MR) is 79.2 cm³/mol. The van der Waals surface area contributed by atoms with Crippen LogP contribution in [0, 0.1) is 5.92 Å². The van der Waals surface area contributed by atoms with Gasteiger partial charge in [0, 0.05) is 25.7 Å². The number of nitrogens with zero attached hydrogens (tertiary/aromatic N) is 2. The number of piperidine rings is 1. The van der Waals surface area contributed by atoms with Gasteiger partial charge >= 0.3 is 0 Å². The molecule has 2 atom stereocenters. The maximum atomic E-state index is 12.3. The molecule has 0 aliphatic carbocycles. The summed E-state index contributed by atoms with van der Waals surface area (Å²) < 4.78 is 5.58. The molecule has 7 nitrogen and oxygen atoms in total. The van der Waals surface area contributed by atoms with Crippen molar-refractivity contribution in [2.24, 2.45) is 16.8 Å². The fraction of sp³-hybridized carbons (Fsp3) is 0.857. The predicted octanol–water partition coefficient (Wildman–Crippen LogP) is 0.129. The van der Waals surface area contributed by atoms with Crippen LogP contribution >= 0.6 is 0 Å². The monoisotopic (exact) mass is 298 g/mol. The summed E-state index contributed by atoms with van der Waals surface area (Å²) in [4.78, 5) is 14.4. The van der Waals surface area contributed by atoms with Crippen molar-refractivity contribution in [1.29, 1.82) is 0 Å². The first-order valence-corrected chi connectivity index (χ1v) is 7.74. The van der Waals surface area contributed by atoms with Crippen molar-refractivity contribution >= 4 is 11.7 Å². The van der Waals surface area contributed by atoms with Crippen molar-refractivity contribution in [3.05, 3.63) is 0 Å². The van der Waals surface area contributed by atoms with E-state index < -0.39 is 0 Å². The van der Waals surface area contributed by atoms with Gasteiger partial charge in [-0.25, -0.2) is 0 Å². The number of rotatable bonds is 5. The van der Waals surface area contributed by atoms with E-state index in [0.717, 1.165) is 38.8 Å². The van der Waals surface area contributed by atoms with Gasteiger partial charge in [-0.1, -0.05) is 12.1 Å². The van der Waals surface area contributed by atoms with Crippen molar-refractivity contribution in [3.63, 3.8) is 0 Å². The number of amidine groups is 1. The van der Waals surface area contributed by atoms with Gasteiger partial charge in [-0.3, -0.25) is 9.69 Å². The molecule has 2 unspecified atom stereocenters. The average Bonchev–Trinajstić information content (AvgIpc) is 2.97. The van der Waals surface area contributed by atoms with Crippen molar-refractivity contribution in [2.75, 3.05) is 26.2 Å². The minimum Gasteiger partial charge on any atom is -0.409 e. The molecule has 1 amide bonds. The Kier molecular flexibility index (Phi) is 5.81. The third kappa shape index (κ3) is 4.31. The quantitative estimate of drug-likeness (QED) is 0.290. The van der Waals surface area contributed by atoms with Crippen molar-refractivity contribution in [3.8, 4) is 0 Å². The summed E-state index contributed by atoms with van der Waals surface area (Å²) in [5.74, 6) is 0.366. The van der Waals surface area contributed by atoms with Crippen molar-refractivity contribution < 1.29 is 14.7 Å². The molecule has 4 N–H and O–H groups in total. The Balaban J connectivity index is 1.74. The standard InChI is InChI=1S/C14H26N4O3/c1-2-12-11(5-8-21-12)14(19)16-10-3-6-18(7-4-10)9-13(15)17-20/h10-12,20H,2-9H2,1H3,(H2,15,17)(H,16,19). The highest BCUT2D eigenvalue weighted by Gasteiger charge is 2.34. The van der Waals surface area contributed by atoms with E-state index in [1.165, 1.54) is 0 Å². The molecule has 2 aliphatic rings. The van der Waals surface area contributed by atoms with E-state index in [0.29, 0.717) is 13.2 Å². The molecule has 7 heteroatoms. The molecule has 120 valence electrons. The van der Waals surface area contributed by atoms with E-state index in [1.807, 2.05) is 0 Å². The molecule has 0 spiro atoms. The van der Waals surface area contributed by atoms with E-state index in [9.17, 15) is 4.79 Å². The van der Waals surface area contributed by atoms with E-state index in [1.54, 1.807) is 0 Å². The zero-order chi connectivity index (χ0) is 15.2. The molecule has 0 aromatic rings. The summed E-state index contributed by atoms with van der Waals surface area (Å²) in [5.41, 5.74) is 5.51. The van der Waals surface area contributed by atoms with Crippen LogP contribution in [0.25, 0.3) is 0 Å². The Labute approximate surface area is 125 Å². The fourth-order valence-corrected chi connectivity index (χ4v) is 3.16. The van der Waals surface area contributed by atoms with Gasteiger partial charge < -0.3 is 21.0 Å². The summed E-state index contributed by atoms with van der Waals surface area (Å²) in [6, 6.07) is 0.221. The lowest BCUT2D eigenvalue weighted by Gasteiger charge is -2.32. The molecule has 2 heterocycles. The third-order valence-corrected chi connectivity index (χ3v) is 4.40. The van der Waals surface area contributed by atoms with Gasteiger partial charge in [0.15, 0.2) is 5.84 Å². The molecule has 0 saturated carbocycles. The second-order valence-corrected chi connectivity index (χ2v) is 5.86. The van der Waals surface area contributed by atoms with E-state index in [-0.39, 0.29) is 29.8 Å². The minimum atomic E-state index is 0.00481. The number of likely N-dealkylation sites (tertiary alicyclic amines) is 1. The molecule has 2 saturated heterocycles. The highest BCUT2D eigenvalue weighted by Crippen LogP contribution is 2.24. The maximum Gasteiger partial charge on any atom is 0.226 e. The average molecular weight is 298 g/mol. The van der Waals surface area contributed by atoms with Gasteiger partial charge in [0.05, 0.1) is 18.6 Å². The van der Waals surface area contributed by atoms with Gasteiger partial charge in [0.25, 0.3) is 0 Å². The van der Waals surface area contributed by atoms with Crippen LogP contribution in [0.2, 0.25) is 0 Å². The van der Waals surface area contributed by atoms with Crippen LogP contribution in [-0.4, -0.2) is 60.2 Å². The number of nitrogens with one attached hydrogen (secondary N) is 1. The van der Waals surface area contributed by atoms with Crippen molar-refractivity contribution in [1.82, 2.24) is 10.2 Å². The largest absolute Gasteiger partial charge is 0.409 e. The Hall–Kier alpha value is -1.34.